The lowest BCUT2D eigenvalue weighted by atomic mass is 10.1. The molecule has 0 spiro atoms. The van der Waals surface area contributed by atoms with Crippen LogP contribution in [0.1, 0.15) is 17.2 Å². The van der Waals surface area contributed by atoms with Crippen LogP contribution >= 0.6 is 11.6 Å². The summed E-state index contributed by atoms with van der Waals surface area (Å²) in [6.45, 7) is 1.12. The number of hydrogen-bond donors (Lipinski definition) is 2. The van der Waals surface area contributed by atoms with E-state index in [1.807, 2.05) is 24.3 Å². The Labute approximate surface area is 146 Å². The minimum Gasteiger partial charge on any atom is -0.375 e. The van der Waals surface area contributed by atoms with Crippen LogP contribution in [-0.2, 0) is 11.3 Å². The highest BCUT2D eigenvalue weighted by Gasteiger charge is 2.11. The number of nitrogens with zero attached hydrogens (tertiary/aromatic N) is 1. The van der Waals surface area contributed by atoms with Crippen molar-refractivity contribution in [2.75, 3.05) is 20.7 Å². The molecule has 0 aliphatic heterocycles. The van der Waals surface area contributed by atoms with Crippen molar-refractivity contribution in [3.63, 3.8) is 0 Å². The lowest BCUT2D eigenvalue weighted by Gasteiger charge is -2.19. The van der Waals surface area contributed by atoms with Gasteiger partial charge in [0.2, 0.25) is 0 Å². The van der Waals surface area contributed by atoms with Crippen LogP contribution in [0.2, 0.25) is 5.02 Å². The monoisotopic (exact) mass is 349 g/mol. The minimum atomic E-state index is -0.263. The van der Waals surface area contributed by atoms with Crippen molar-refractivity contribution < 1.29 is 9.13 Å². The summed E-state index contributed by atoms with van der Waals surface area (Å²) < 4.78 is 18.5. The topological polar surface area (TPSA) is 45.7 Å². The molecule has 0 amide bonds. The number of nitrogens with one attached hydrogen (secondary N) is 2. The van der Waals surface area contributed by atoms with Gasteiger partial charge in [0.1, 0.15) is 5.82 Å². The second-order valence-corrected chi connectivity index (χ2v) is 5.65. The number of halogens is 2. The quantitative estimate of drug-likeness (QED) is 0.619. The molecule has 2 rings (SSSR count). The van der Waals surface area contributed by atoms with E-state index >= 15 is 0 Å². The number of guanidine groups is 1. The molecule has 1 unspecified atom stereocenters. The molecule has 0 saturated carbocycles. The van der Waals surface area contributed by atoms with Gasteiger partial charge in [0.15, 0.2) is 5.96 Å². The van der Waals surface area contributed by atoms with Gasteiger partial charge in [-0.3, -0.25) is 4.99 Å². The molecule has 6 heteroatoms. The van der Waals surface area contributed by atoms with Crippen molar-refractivity contribution in [3.05, 3.63) is 70.5 Å². The third-order valence-corrected chi connectivity index (χ3v) is 3.79. The Balaban J connectivity index is 1.89. The molecule has 0 fully saturated rings. The van der Waals surface area contributed by atoms with E-state index in [0.29, 0.717) is 24.1 Å². The molecule has 0 saturated heterocycles. The SMILES string of the molecule is CN=C(NCc1cccc(Cl)c1)NCC(OC)c1ccc(F)cc1. The molecular weight excluding hydrogens is 329 g/mol. The molecule has 0 aliphatic carbocycles. The van der Waals surface area contributed by atoms with Crippen molar-refractivity contribution in [1.29, 1.82) is 0 Å². The van der Waals surface area contributed by atoms with E-state index in [1.54, 1.807) is 26.3 Å². The van der Waals surface area contributed by atoms with Gasteiger partial charge < -0.3 is 15.4 Å². The Kier molecular flexibility index (Phi) is 7.03. The molecule has 2 aromatic carbocycles. The smallest absolute Gasteiger partial charge is 0.191 e. The van der Waals surface area contributed by atoms with Gasteiger partial charge in [-0.2, -0.15) is 0 Å². The summed E-state index contributed by atoms with van der Waals surface area (Å²) in [5.74, 6) is 0.389. The fourth-order valence-corrected chi connectivity index (χ4v) is 2.47. The molecule has 0 heterocycles. The second-order valence-electron chi connectivity index (χ2n) is 5.21. The van der Waals surface area contributed by atoms with Gasteiger partial charge in [0, 0.05) is 32.3 Å². The van der Waals surface area contributed by atoms with Crippen molar-refractivity contribution >= 4 is 17.6 Å². The molecule has 1 atom stereocenters. The zero-order valence-corrected chi connectivity index (χ0v) is 14.5. The lowest BCUT2D eigenvalue weighted by molar-refractivity contribution is 0.106. The molecule has 2 N–H and O–H groups in total. The predicted molar refractivity (Wildman–Crippen MR) is 95.8 cm³/mol. The predicted octanol–water partition coefficient (Wildman–Crippen LogP) is 3.53. The van der Waals surface area contributed by atoms with E-state index in [-0.39, 0.29) is 11.9 Å². The summed E-state index contributed by atoms with van der Waals surface area (Å²) in [5, 5.41) is 7.13. The van der Waals surface area contributed by atoms with Gasteiger partial charge in [0.05, 0.1) is 6.10 Å². The zero-order valence-electron chi connectivity index (χ0n) is 13.7. The van der Waals surface area contributed by atoms with Crippen molar-refractivity contribution in [1.82, 2.24) is 10.6 Å². The third kappa shape index (κ3) is 5.51. The number of hydrogen-bond acceptors (Lipinski definition) is 2. The fourth-order valence-electron chi connectivity index (χ4n) is 2.26. The van der Waals surface area contributed by atoms with Crippen LogP contribution in [0.15, 0.2) is 53.5 Å². The number of methoxy groups -OCH3 is 1. The van der Waals surface area contributed by atoms with Crippen LogP contribution in [-0.4, -0.2) is 26.7 Å². The molecule has 128 valence electrons. The first-order valence-corrected chi connectivity index (χ1v) is 7.97. The first-order valence-electron chi connectivity index (χ1n) is 7.59. The summed E-state index contributed by atoms with van der Waals surface area (Å²) in [4.78, 5) is 4.19. The highest BCUT2D eigenvalue weighted by Crippen LogP contribution is 2.16. The van der Waals surface area contributed by atoms with Crippen molar-refractivity contribution in [2.24, 2.45) is 4.99 Å². The Morgan fingerprint density at radius 2 is 1.96 bits per heavy atom. The van der Waals surface area contributed by atoms with Gasteiger partial charge in [-0.15, -0.1) is 0 Å². The molecule has 0 aromatic heterocycles. The zero-order chi connectivity index (χ0) is 17.4. The van der Waals surface area contributed by atoms with Gasteiger partial charge in [-0.25, -0.2) is 4.39 Å². The van der Waals surface area contributed by atoms with Crippen LogP contribution in [0.25, 0.3) is 0 Å². The number of aliphatic imine (C=N–C) groups is 1. The van der Waals surface area contributed by atoms with Crippen LogP contribution in [0.5, 0.6) is 0 Å². The van der Waals surface area contributed by atoms with E-state index in [4.69, 9.17) is 16.3 Å². The summed E-state index contributed by atoms with van der Waals surface area (Å²) in [6, 6.07) is 13.9. The highest BCUT2D eigenvalue weighted by molar-refractivity contribution is 6.30. The summed E-state index contributed by atoms with van der Waals surface area (Å²) in [6.07, 6.45) is -0.199. The molecule has 2 aromatic rings. The summed E-state index contributed by atoms with van der Waals surface area (Å²) in [5.41, 5.74) is 1.96. The third-order valence-electron chi connectivity index (χ3n) is 3.55. The normalized spacial score (nSPS) is 12.8. The Hall–Kier alpha value is -2.11. The average molecular weight is 350 g/mol. The molecule has 0 radical (unpaired) electrons. The molecular formula is C18H21ClFN3O. The minimum absolute atomic E-state index is 0.199. The number of rotatable bonds is 6. The fraction of sp³-hybridized carbons (Fsp3) is 0.278. The summed E-state index contributed by atoms with van der Waals surface area (Å²) >= 11 is 5.98. The van der Waals surface area contributed by atoms with E-state index in [9.17, 15) is 4.39 Å². The maximum atomic E-state index is 13.0. The molecule has 4 nitrogen and oxygen atoms in total. The molecule has 0 aliphatic rings. The summed E-state index contributed by atoms with van der Waals surface area (Å²) in [7, 11) is 3.32. The van der Waals surface area contributed by atoms with E-state index in [1.165, 1.54) is 12.1 Å². The van der Waals surface area contributed by atoms with Gasteiger partial charge in [0.25, 0.3) is 0 Å². The average Bonchev–Trinajstić information content (AvgIpc) is 2.59. The second kappa shape index (κ2) is 9.25. The Bertz CT molecular complexity index is 676. The van der Waals surface area contributed by atoms with E-state index in [2.05, 4.69) is 15.6 Å². The first kappa shape index (κ1) is 18.2. The number of benzene rings is 2. The lowest BCUT2D eigenvalue weighted by Crippen LogP contribution is -2.39. The van der Waals surface area contributed by atoms with Crippen LogP contribution < -0.4 is 10.6 Å². The Morgan fingerprint density at radius 1 is 1.21 bits per heavy atom. The van der Waals surface area contributed by atoms with Crippen LogP contribution in [0, 0.1) is 5.82 Å². The van der Waals surface area contributed by atoms with Gasteiger partial charge in [-0.05, 0) is 35.4 Å². The molecule has 0 bridgehead atoms. The number of ether oxygens (including phenoxy) is 1. The van der Waals surface area contributed by atoms with E-state index < -0.39 is 0 Å². The standard InChI is InChI=1S/C18H21ClFN3O/c1-21-18(22-11-13-4-3-5-15(19)10-13)23-12-17(24-2)14-6-8-16(20)9-7-14/h3-10,17H,11-12H2,1-2H3,(H2,21,22,23). The van der Waals surface area contributed by atoms with Crippen LogP contribution in [0.4, 0.5) is 4.39 Å². The van der Waals surface area contributed by atoms with Crippen molar-refractivity contribution in [2.45, 2.75) is 12.6 Å². The maximum Gasteiger partial charge on any atom is 0.191 e. The van der Waals surface area contributed by atoms with E-state index in [0.717, 1.165) is 11.1 Å². The van der Waals surface area contributed by atoms with Crippen molar-refractivity contribution in [3.8, 4) is 0 Å². The van der Waals surface area contributed by atoms with Gasteiger partial charge in [-0.1, -0.05) is 35.9 Å². The largest absolute Gasteiger partial charge is 0.375 e. The highest BCUT2D eigenvalue weighted by atomic mass is 35.5. The first-order chi connectivity index (χ1) is 11.6. The van der Waals surface area contributed by atoms with Gasteiger partial charge >= 0.3 is 0 Å². The molecule has 24 heavy (non-hydrogen) atoms. The van der Waals surface area contributed by atoms with Crippen LogP contribution in [0.3, 0.4) is 0 Å². The Morgan fingerprint density at radius 3 is 2.58 bits per heavy atom. The maximum absolute atomic E-state index is 13.0.